The zero-order valence-electron chi connectivity index (χ0n) is 15.7. The van der Waals surface area contributed by atoms with E-state index in [0.29, 0.717) is 13.1 Å². The average Bonchev–Trinajstić information content (AvgIpc) is 2.62. The monoisotopic (exact) mass is 373 g/mol. The van der Waals surface area contributed by atoms with Crippen LogP contribution < -0.4 is 0 Å². The fraction of sp³-hybridized carbons (Fsp3) is 0.450. The molecule has 1 saturated heterocycles. The fourth-order valence-corrected chi connectivity index (χ4v) is 4.73. The van der Waals surface area contributed by atoms with Gasteiger partial charge in [-0.15, -0.1) is 0 Å². The van der Waals surface area contributed by atoms with Gasteiger partial charge in [0.25, 0.3) is 10.2 Å². The number of pyridine rings is 1. The lowest BCUT2D eigenvalue weighted by Crippen LogP contribution is -2.45. The second kappa shape index (κ2) is 7.86. The summed E-state index contributed by atoms with van der Waals surface area (Å²) in [5.41, 5.74) is 4.49. The van der Waals surface area contributed by atoms with Gasteiger partial charge in [0.15, 0.2) is 0 Å². The van der Waals surface area contributed by atoms with E-state index >= 15 is 0 Å². The van der Waals surface area contributed by atoms with Gasteiger partial charge in [0.2, 0.25) is 0 Å². The minimum atomic E-state index is -3.37. The van der Waals surface area contributed by atoms with E-state index in [4.69, 9.17) is 4.98 Å². The Bertz CT molecular complexity index is 851. The first kappa shape index (κ1) is 19.0. The molecule has 0 N–H and O–H groups in total. The first-order valence-corrected chi connectivity index (χ1v) is 10.4. The van der Waals surface area contributed by atoms with Gasteiger partial charge < -0.3 is 0 Å². The van der Waals surface area contributed by atoms with E-state index in [-0.39, 0.29) is 5.92 Å². The number of nitrogens with zero attached hydrogens (tertiary/aromatic N) is 3. The van der Waals surface area contributed by atoms with Crippen molar-refractivity contribution in [1.29, 1.82) is 0 Å². The van der Waals surface area contributed by atoms with Crippen LogP contribution in [-0.2, 0) is 16.6 Å². The Hall–Kier alpha value is -1.76. The van der Waals surface area contributed by atoms with Crippen molar-refractivity contribution in [2.75, 3.05) is 27.2 Å². The Kier molecular flexibility index (Phi) is 5.75. The van der Waals surface area contributed by atoms with Gasteiger partial charge in [-0.2, -0.15) is 17.0 Å². The summed E-state index contributed by atoms with van der Waals surface area (Å²) >= 11 is 0. The summed E-state index contributed by atoms with van der Waals surface area (Å²) in [4.78, 5) is 4.73. The van der Waals surface area contributed by atoms with Crippen molar-refractivity contribution in [1.82, 2.24) is 13.6 Å². The van der Waals surface area contributed by atoms with Crippen molar-refractivity contribution < 1.29 is 8.42 Å². The van der Waals surface area contributed by atoms with E-state index in [1.165, 1.54) is 15.4 Å². The van der Waals surface area contributed by atoms with Crippen LogP contribution in [0.3, 0.4) is 0 Å². The summed E-state index contributed by atoms with van der Waals surface area (Å²) in [5.74, 6) is 0.146. The van der Waals surface area contributed by atoms with Crippen molar-refractivity contribution in [3.05, 3.63) is 65.0 Å². The van der Waals surface area contributed by atoms with E-state index in [0.717, 1.165) is 30.7 Å². The number of aryl methyl sites for hydroxylation is 1. The Morgan fingerprint density at radius 2 is 1.88 bits per heavy atom. The first-order chi connectivity index (χ1) is 12.4. The van der Waals surface area contributed by atoms with Gasteiger partial charge >= 0.3 is 0 Å². The molecule has 2 aromatic rings. The zero-order chi connectivity index (χ0) is 18.7. The molecule has 1 aliphatic heterocycles. The number of hydrogen-bond donors (Lipinski definition) is 0. The fourth-order valence-electron chi connectivity index (χ4n) is 3.54. The van der Waals surface area contributed by atoms with E-state index < -0.39 is 10.2 Å². The van der Waals surface area contributed by atoms with Crippen molar-refractivity contribution in [2.45, 2.75) is 32.1 Å². The lowest BCUT2D eigenvalue weighted by Gasteiger charge is -2.33. The van der Waals surface area contributed by atoms with E-state index in [9.17, 15) is 8.42 Å². The summed E-state index contributed by atoms with van der Waals surface area (Å²) in [7, 11) is -0.200. The Morgan fingerprint density at radius 1 is 1.15 bits per heavy atom. The molecule has 1 aliphatic rings. The molecule has 3 rings (SSSR count). The maximum absolute atomic E-state index is 12.5. The largest absolute Gasteiger partial charge is 0.281 e. The molecule has 0 spiro atoms. The summed E-state index contributed by atoms with van der Waals surface area (Å²) < 4.78 is 27.8. The number of aromatic nitrogens is 1. The van der Waals surface area contributed by atoms with Gasteiger partial charge in [-0.05, 0) is 49.4 Å². The first-order valence-electron chi connectivity index (χ1n) is 9.05. The quantitative estimate of drug-likeness (QED) is 0.810. The highest BCUT2D eigenvalue weighted by atomic mass is 32.2. The predicted octanol–water partition coefficient (Wildman–Crippen LogP) is 2.97. The Balaban J connectivity index is 1.82. The second-order valence-electron chi connectivity index (χ2n) is 7.19. The average molecular weight is 374 g/mol. The van der Waals surface area contributed by atoms with Crippen LogP contribution in [0.2, 0.25) is 0 Å². The number of hydrogen-bond acceptors (Lipinski definition) is 3. The highest BCUT2D eigenvalue weighted by Crippen LogP contribution is 2.29. The highest BCUT2D eigenvalue weighted by Gasteiger charge is 2.31. The maximum atomic E-state index is 12.5. The van der Waals surface area contributed by atoms with E-state index in [1.54, 1.807) is 18.4 Å². The van der Waals surface area contributed by atoms with E-state index in [1.807, 2.05) is 13.0 Å². The number of piperidine rings is 1. The minimum Gasteiger partial charge on any atom is -0.258 e. The highest BCUT2D eigenvalue weighted by molar-refractivity contribution is 7.86. The molecule has 0 amide bonds. The van der Waals surface area contributed by atoms with Crippen LogP contribution in [0.25, 0.3) is 0 Å². The molecule has 0 bridgehead atoms. The lowest BCUT2D eigenvalue weighted by molar-refractivity contribution is 0.296. The minimum absolute atomic E-state index is 0.146. The van der Waals surface area contributed by atoms with Crippen LogP contribution in [-0.4, -0.2) is 49.2 Å². The lowest BCUT2D eigenvalue weighted by atomic mass is 9.93. The Labute approximate surface area is 156 Å². The van der Waals surface area contributed by atoms with Gasteiger partial charge in [0, 0.05) is 44.5 Å². The molecule has 2 heterocycles. The van der Waals surface area contributed by atoms with Crippen molar-refractivity contribution in [3.8, 4) is 0 Å². The third-order valence-electron chi connectivity index (χ3n) is 4.87. The molecular weight excluding hydrogens is 346 g/mol. The maximum Gasteiger partial charge on any atom is 0.281 e. The molecule has 0 aliphatic carbocycles. The number of rotatable bonds is 5. The van der Waals surface area contributed by atoms with Crippen LogP contribution in [0.15, 0.2) is 42.5 Å². The summed E-state index contributed by atoms with van der Waals surface area (Å²) in [5, 5.41) is 0. The molecule has 1 atom stereocenters. The molecule has 5 nitrogen and oxygen atoms in total. The van der Waals surface area contributed by atoms with Crippen molar-refractivity contribution in [3.63, 3.8) is 0 Å². The topological polar surface area (TPSA) is 53.5 Å². The van der Waals surface area contributed by atoms with Crippen LogP contribution in [0, 0.1) is 6.92 Å². The van der Waals surface area contributed by atoms with Gasteiger partial charge in [-0.1, -0.05) is 30.3 Å². The molecule has 6 heteroatoms. The third kappa shape index (κ3) is 4.31. The van der Waals surface area contributed by atoms with Gasteiger partial charge in [0.05, 0.1) is 0 Å². The Morgan fingerprint density at radius 3 is 2.58 bits per heavy atom. The van der Waals surface area contributed by atoms with Gasteiger partial charge in [0.1, 0.15) is 0 Å². The van der Waals surface area contributed by atoms with Crippen molar-refractivity contribution in [2.24, 2.45) is 0 Å². The van der Waals surface area contributed by atoms with Crippen LogP contribution in [0.4, 0.5) is 0 Å². The summed E-state index contributed by atoms with van der Waals surface area (Å²) in [6.45, 7) is 3.09. The predicted molar refractivity (Wildman–Crippen MR) is 104 cm³/mol. The molecular formula is C20H27N3O2S. The molecule has 26 heavy (non-hydrogen) atoms. The molecule has 0 unspecified atom stereocenters. The van der Waals surface area contributed by atoms with Crippen LogP contribution in [0.1, 0.15) is 41.3 Å². The smallest absolute Gasteiger partial charge is 0.258 e. The summed E-state index contributed by atoms with van der Waals surface area (Å²) in [6.07, 6.45) is 2.70. The van der Waals surface area contributed by atoms with Gasteiger partial charge in [-0.25, -0.2) is 0 Å². The SMILES string of the molecule is Cc1cc(Cc2ccccc2)cc([C@@H]2CCCN(S(=O)(=O)N(C)C)C2)n1. The van der Waals surface area contributed by atoms with E-state index in [2.05, 4.69) is 36.4 Å². The molecule has 0 saturated carbocycles. The molecule has 140 valence electrons. The van der Waals surface area contributed by atoms with Crippen LogP contribution >= 0.6 is 0 Å². The normalized spacial score (nSPS) is 19.0. The molecule has 1 fully saturated rings. The second-order valence-corrected chi connectivity index (χ2v) is 9.33. The van der Waals surface area contributed by atoms with Gasteiger partial charge in [-0.3, -0.25) is 4.98 Å². The zero-order valence-corrected chi connectivity index (χ0v) is 16.5. The molecule has 0 radical (unpaired) electrons. The number of benzene rings is 1. The molecule has 1 aromatic heterocycles. The summed E-state index contributed by atoms with van der Waals surface area (Å²) in [6, 6.07) is 14.6. The van der Waals surface area contributed by atoms with Crippen molar-refractivity contribution >= 4 is 10.2 Å². The standard InChI is InChI=1S/C20H27N3O2S/c1-16-12-18(13-17-8-5-4-6-9-17)14-20(21-16)19-10-7-11-23(15-19)26(24,25)22(2)3/h4-6,8-9,12,14,19H,7,10-11,13,15H2,1-3H3/t19-/m1/s1. The van der Waals surface area contributed by atoms with Crippen LogP contribution in [0.5, 0.6) is 0 Å². The third-order valence-corrected chi connectivity index (χ3v) is 6.78. The molecule has 1 aromatic carbocycles.